The first-order valence-electron chi connectivity index (χ1n) is 10.0. The lowest BCUT2D eigenvalue weighted by atomic mass is 10.1. The summed E-state index contributed by atoms with van der Waals surface area (Å²) in [5.41, 5.74) is 1.85. The summed E-state index contributed by atoms with van der Waals surface area (Å²) < 4.78 is 0. The number of rotatable bonds is 10. The number of hydrogen-bond acceptors (Lipinski definition) is 3. The zero-order chi connectivity index (χ0) is 22.1. The van der Waals surface area contributed by atoms with Crippen molar-refractivity contribution in [1.29, 1.82) is 0 Å². The molecule has 1 atom stereocenters. The largest absolute Gasteiger partial charge is 0.354 e. The average molecular weight is 467 g/mol. The summed E-state index contributed by atoms with van der Waals surface area (Å²) in [6, 6.07) is 12.8. The Hall–Kier alpha value is -1.69. The second-order valence-corrected chi connectivity index (χ2v) is 9.08. The molecule has 4 nitrogen and oxygen atoms in total. The summed E-state index contributed by atoms with van der Waals surface area (Å²) in [4.78, 5) is 28.3. The molecule has 30 heavy (non-hydrogen) atoms. The maximum absolute atomic E-state index is 13.1. The van der Waals surface area contributed by atoms with Gasteiger partial charge in [0, 0.05) is 45.8 Å². The van der Waals surface area contributed by atoms with E-state index in [1.165, 1.54) is 5.56 Å². The molecule has 1 N–H and O–H groups in total. The van der Waals surface area contributed by atoms with Crippen LogP contribution in [0.2, 0.25) is 10.0 Å². The van der Waals surface area contributed by atoms with Crippen molar-refractivity contribution in [3.63, 3.8) is 0 Å². The van der Waals surface area contributed by atoms with Crippen LogP contribution in [0.15, 0.2) is 47.4 Å². The van der Waals surface area contributed by atoms with Crippen molar-refractivity contribution >= 4 is 46.8 Å². The van der Waals surface area contributed by atoms with Gasteiger partial charge < -0.3 is 10.2 Å². The highest BCUT2D eigenvalue weighted by Crippen LogP contribution is 2.27. The molecule has 0 aliphatic rings. The fourth-order valence-electron chi connectivity index (χ4n) is 2.87. The van der Waals surface area contributed by atoms with Gasteiger partial charge >= 0.3 is 0 Å². The molecule has 0 radical (unpaired) electrons. The number of hydrogen-bond donors (Lipinski definition) is 1. The van der Waals surface area contributed by atoms with Gasteiger partial charge in [0.15, 0.2) is 0 Å². The van der Waals surface area contributed by atoms with E-state index in [1.807, 2.05) is 26.0 Å². The number of nitrogens with zero attached hydrogens (tertiary/aromatic N) is 1. The average Bonchev–Trinajstić information content (AvgIpc) is 2.72. The second-order valence-electron chi connectivity index (χ2n) is 7.10. The number of carbonyl (C=O) groups excluding carboxylic acids is 2. The van der Waals surface area contributed by atoms with Gasteiger partial charge in [-0.05, 0) is 44.5 Å². The molecule has 0 saturated heterocycles. The molecular formula is C23H28Cl2N2O2S. The van der Waals surface area contributed by atoms with Gasteiger partial charge in [-0.15, -0.1) is 11.8 Å². The Kier molecular flexibility index (Phi) is 10.0. The van der Waals surface area contributed by atoms with Crippen molar-refractivity contribution in [2.45, 2.75) is 51.1 Å². The van der Waals surface area contributed by atoms with Crippen molar-refractivity contribution in [1.82, 2.24) is 10.2 Å². The van der Waals surface area contributed by atoms with Crippen LogP contribution in [0.5, 0.6) is 0 Å². The summed E-state index contributed by atoms with van der Waals surface area (Å²) in [5, 5.41) is 3.83. The van der Waals surface area contributed by atoms with Crippen LogP contribution in [0.25, 0.3) is 0 Å². The number of carbonyl (C=O) groups is 2. The van der Waals surface area contributed by atoms with Gasteiger partial charge in [-0.25, -0.2) is 0 Å². The molecule has 162 valence electrons. The van der Waals surface area contributed by atoms with Crippen LogP contribution >= 0.6 is 35.0 Å². The van der Waals surface area contributed by atoms with Crippen LogP contribution in [0, 0.1) is 6.92 Å². The summed E-state index contributed by atoms with van der Waals surface area (Å²) in [5.74, 6) is 0.335. The number of aryl methyl sites for hydroxylation is 1. The predicted octanol–water partition coefficient (Wildman–Crippen LogP) is 5.73. The van der Waals surface area contributed by atoms with Crippen molar-refractivity contribution in [3.8, 4) is 0 Å². The Labute approximate surface area is 193 Å². The maximum Gasteiger partial charge on any atom is 0.242 e. The molecule has 0 unspecified atom stereocenters. The Balaban J connectivity index is 2.11. The van der Waals surface area contributed by atoms with Gasteiger partial charge in [-0.3, -0.25) is 9.59 Å². The number of amides is 2. The third-order valence-corrected chi connectivity index (χ3v) is 6.43. The zero-order valence-electron chi connectivity index (χ0n) is 17.6. The topological polar surface area (TPSA) is 49.4 Å². The fourth-order valence-corrected chi connectivity index (χ4v) is 4.22. The molecule has 0 heterocycles. The Morgan fingerprint density at radius 2 is 1.73 bits per heavy atom. The zero-order valence-corrected chi connectivity index (χ0v) is 19.9. The van der Waals surface area contributed by atoms with Gasteiger partial charge in [0.25, 0.3) is 0 Å². The highest BCUT2D eigenvalue weighted by molar-refractivity contribution is 7.99. The van der Waals surface area contributed by atoms with E-state index in [1.54, 1.807) is 41.8 Å². The molecular weight excluding hydrogens is 439 g/mol. The van der Waals surface area contributed by atoms with E-state index in [2.05, 4.69) is 17.4 Å². The second kappa shape index (κ2) is 12.2. The standard InChI is InChI=1S/C23H28Cl2N2O2S/c1-4-13-26-23(29)17(3)27(15-19-20(24)6-5-7-21(19)25)22(28)12-14-30-18-10-8-16(2)9-11-18/h5-11,17H,4,12-15H2,1-3H3,(H,26,29)/t17-/m1/s1. The minimum Gasteiger partial charge on any atom is -0.354 e. The van der Waals surface area contributed by atoms with Crippen molar-refractivity contribution in [2.75, 3.05) is 12.3 Å². The van der Waals surface area contributed by atoms with Crippen LogP contribution in [0.4, 0.5) is 0 Å². The molecule has 0 aliphatic heterocycles. The highest BCUT2D eigenvalue weighted by Gasteiger charge is 2.27. The Morgan fingerprint density at radius 1 is 1.10 bits per heavy atom. The Morgan fingerprint density at radius 3 is 2.33 bits per heavy atom. The van der Waals surface area contributed by atoms with Crippen LogP contribution in [-0.4, -0.2) is 35.1 Å². The molecule has 2 amide bonds. The Bertz CT molecular complexity index is 839. The van der Waals surface area contributed by atoms with E-state index in [0.717, 1.165) is 11.3 Å². The molecule has 0 aliphatic carbocycles. The van der Waals surface area contributed by atoms with Crippen molar-refractivity contribution in [2.24, 2.45) is 0 Å². The fraction of sp³-hybridized carbons (Fsp3) is 0.391. The van der Waals surface area contributed by atoms with Crippen LogP contribution in [0.1, 0.15) is 37.8 Å². The minimum atomic E-state index is -0.624. The third kappa shape index (κ3) is 7.22. The lowest BCUT2D eigenvalue weighted by Crippen LogP contribution is -2.47. The van der Waals surface area contributed by atoms with Gasteiger partial charge in [-0.1, -0.05) is 53.9 Å². The summed E-state index contributed by atoms with van der Waals surface area (Å²) in [7, 11) is 0. The molecule has 2 aromatic rings. The number of nitrogens with one attached hydrogen (secondary N) is 1. The molecule has 0 aromatic heterocycles. The maximum atomic E-state index is 13.1. The van der Waals surface area contributed by atoms with E-state index >= 15 is 0 Å². The van der Waals surface area contributed by atoms with E-state index in [-0.39, 0.29) is 18.4 Å². The first-order chi connectivity index (χ1) is 14.3. The van der Waals surface area contributed by atoms with Crippen molar-refractivity contribution < 1.29 is 9.59 Å². The molecule has 0 fully saturated rings. The van der Waals surface area contributed by atoms with Crippen LogP contribution < -0.4 is 5.32 Å². The highest BCUT2D eigenvalue weighted by atomic mass is 35.5. The summed E-state index contributed by atoms with van der Waals surface area (Å²) >= 11 is 14.3. The molecule has 0 saturated carbocycles. The van der Waals surface area contributed by atoms with Gasteiger partial charge in [-0.2, -0.15) is 0 Å². The lowest BCUT2D eigenvalue weighted by molar-refractivity contribution is -0.140. The normalized spacial score (nSPS) is 11.8. The molecule has 7 heteroatoms. The molecule has 0 spiro atoms. The minimum absolute atomic E-state index is 0.107. The molecule has 2 rings (SSSR count). The monoisotopic (exact) mass is 466 g/mol. The molecule has 2 aromatic carbocycles. The number of benzene rings is 2. The SMILES string of the molecule is CCCNC(=O)[C@@H](C)N(Cc1c(Cl)cccc1Cl)C(=O)CCSc1ccc(C)cc1. The van der Waals surface area contributed by atoms with Crippen LogP contribution in [-0.2, 0) is 16.1 Å². The van der Waals surface area contributed by atoms with E-state index < -0.39 is 6.04 Å². The van der Waals surface area contributed by atoms with Gasteiger partial charge in [0.2, 0.25) is 11.8 Å². The summed E-state index contributed by atoms with van der Waals surface area (Å²) in [6.07, 6.45) is 1.14. The quantitative estimate of drug-likeness (QED) is 0.454. The summed E-state index contributed by atoms with van der Waals surface area (Å²) in [6.45, 7) is 6.52. The first kappa shape index (κ1) is 24.6. The molecule has 0 bridgehead atoms. The third-order valence-electron chi connectivity index (χ3n) is 4.71. The first-order valence-corrected chi connectivity index (χ1v) is 11.8. The van der Waals surface area contributed by atoms with E-state index in [4.69, 9.17) is 23.2 Å². The predicted molar refractivity (Wildman–Crippen MR) is 126 cm³/mol. The van der Waals surface area contributed by atoms with Crippen LogP contribution in [0.3, 0.4) is 0 Å². The van der Waals surface area contributed by atoms with Gasteiger partial charge in [0.05, 0.1) is 0 Å². The smallest absolute Gasteiger partial charge is 0.242 e. The van der Waals surface area contributed by atoms with Gasteiger partial charge in [0.1, 0.15) is 6.04 Å². The lowest BCUT2D eigenvalue weighted by Gasteiger charge is -2.29. The number of thioether (sulfide) groups is 1. The number of halogens is 2. The van der Waals surface area contributed by atoms with E-state index in [0.29, 0.717) is 34.3 Å². The van der Waals surface area contributed by atoms with Crippen molar-refractivity contribution in [3.05, 3.63) is 63.6 Å². The van der Waals surface area contributed by atoms with E-state index in [9.17, 15) is 9.59 Å².